The van der Waals surface area contributed by atoms with Crippen LogP contribution in [-0.2, 0) is 4.79 Å². The molecule has 0 saturated carbocycles. The molecule has 2 heterocycles. The van der Waals surface area contributed by atoms with E-state index in [-0.39, 0.29) is 24.4 Å². The van der Waals surface area contributed by atoms with Crippen molar-refractivity contribution in [2.75, 3.05) is 51.8 Å². The third-order valence-electron chi connectivity index (χ3n) is 7.57. The van der Waals surface area contributed by atoms with E-state index in [4.69, 9.17) is 9.47 Å². The minimum atomic E-state index is -0.0953. The van der Waals surface area contributed by atoms with Gasteiger partial charge in [0.15, 0.2) is 17.3 Å². The van der Waals surface area contributed by atoms with Gasteiger partial charge < -0.3 is 24.2 Å². The quantitative estimate of drug-likeness (QED) is 0.393. The van der Waals surface area contributed by atoms with Crippen molar-refractivity contribution in [3.05, 3.63) is 65.7 Å². The molecule has 1 saturated heterocycles. The molecule has 40 heavy (non-hydrogen) atoms. The van der Waals surface area contributed by atoms with Gasteiger partial charge in [0.05, 0.1) is 19.9 Å². The van der Waals surface area contributed by atoms with Crippen LogP contribution in [0.3, 0.4) is 0 Å². The Balaban J connectivity index is 1.41. The summed E-state index contributed by atoms with van der Waals surface area (Å²) in [5.41, 5.74) is 3.18. The minimum Gasteiger partial charge on any atom is -0.493 e. The average Bonchev–Trinajstić information content (AvgIpc) is 3.25. The lowest BCUT2D eigenvalue weighted by atomic mass is 10.1. The van der Waals surface area contributed by atoms with Crippen molar-refractivity contribution >= 4 is 17.6 Å². The normalized spacial score (nSPS) is 14.3. The van der Waals surface area contributed by atoms with Gasteiger partial charge in [-0.3, -0.25) is 9.59 Å². The Bertz CT molecular complexity index is 1310. The fourth-order valence-electron chi connectivity index (χ4n) is 4.90. The van der Waals surface area contributed by atoms with E-state index in [0.717, 1.165) is 42.0 Å². The summed E-state index contributed by atoms with van der Waals surface area (Å²) in [6, 6.07) is 17.1. The lowest BCUT2D eigenvalue weighted by Gasteiger charge is -2.31. The first-order valence-corrected chi connectivity index (χ1v) is 13.8. The highest BCUT2D eigenvalue weighted by atomic mass is 16.5. The van der Waals surface area contributed by atoms with Gasteiger partial charge in [-0.15, -0.1) is 10.2 Å². The maximum absolute atomic E-state index is 13.4. The van der Waals surface area contributed by atoms with Crippen LogP contribution in [0.2, 0.25) is 0 Å². The van der Waals surface area contributed by atoms with E-state index >= 15 is 0 Å². The largest absolute Gasteiger partial charge is 0.493 e. The molecule has 1 aliphatic rings. The van der Waals surface area contributed by atoms with Crippen LogP contribution in [0.5, 0.6) is 11.5 Å². The third-order valence-corrected chi connectivity index (χ3v) is 7.57. The van der Waals surface area contributed by atoms with E-state index in [9.17, 15) is 9.59 Å². The van der Waals surface area contributed by atoms with Crippen molar-refractivity contribution in [3.8, 4) is 22.8 Å². The smallest absolute Gasteiger partial charge is 0.254 e. The van der Waals surface area contributed by atoms with E-state index in [1.807, 2.05) is 80.3 Å². The number of anilines is 1. The predicted molar refractivity (Wildman–Crippen MR) is 156 cm³/mol. The van der Waals surface area contributed by atoms with Crippen LogP contribution in [0.25, 0.3) is 11.3 Å². The zero-order valence-electron chi connectivity index (χ0n) is 24.1. The second-order valence-electron chi connectivity index (χ2n) is 10.1. The first-order valence-electron chi connectivity index (χ1n) is 13.8. The van der Waals surface area contributed by atoms with E-state index < -0.39 is 0 Å². The maximum atomic E-state index is 13.4. The SMILES string of the molecule is CC[C@H](C)N(CC(=O)N1CCCN(c2ccc(-c3ccc(OC)c(OC)c3)nn2)CC1)C(=O)c1ccccc1C. The highest BCUT2D eigenvalue weighted by molar-refractivity contribution is 5.98. The molecule has 2 aromatic carbocycles. The number of benzene rings is 2. The summed E-state index contributed by atoms with van der Waals surface area (Å²) < 4.78 is 10.7. The summed E-state index contributed by atoms with van der Waals surface area (Å²) in [5.74, 6) is 1.94. The molecule has 0 bridgehead atoms. The lowest BCUT2D eigenvalue weighted by Crippen LogP contribution is -2.47. The number of nitrogens with zero attached hydrogens (tertiary/aromatic N) is 5. The van der Waals surface area contributed by atoms with Crippen molar-refractivity contribution in [1.29, 1.82) is 0 Å². The van der Waals surface area contributed by atoms with Gasteiger partial charge in [0.2, 0.25) is 5.91 Å². The Morgan fingerprint density at radius 1 is 0.950 bits per heavy atom. The standard InChI is InChI=1S/C31H39N5O4/c1-6-23(3)36(31(38)25-11-8-7-10-22(25)2)21-30(37)35-17-9-16-34(18-19-35)29-15-13-26(32-33-29)24-12-14-27(39-4)28(20-24)40-5/h7-8,10-15,20,23H,6,9,16-19,21H2,1-5H3/t23-/m0/s1. The van der Waals surface area contributed by atoms with E-state index in [2.05, 4.69) is 15.1 Å². The van der Waals surface area contributed by atoms with Gasteiger partial charge in [0.1, 0.15) is 6.54 Å². The second kappa shape index (κ2) is 13.3. The number of methoxy groups -OCH3 is 2. The highest BCUT2D eigenvalue weighted by Gasteiger charge is 2.27. The monoisotopic (exact) mass is 545 g/mol. The maximum Gasteiger partial charge on any atom is 0.254 e. The van der Waals surface area contributed by atoms with E-state index in [0.29, 0.717) is 36.7 Å². The number of carbonyl (C=O) groups excluding carboxylic acids is 2. The summed E-state index contributed by atoms with van der Waals surface area (Å²) in [7, 11) is 3.21. The number of carbonyl (C=O) groups is 2. The van der Waals surface area contributed by atoms with Gasteiger partial charge in [-0.05, 0) is 68.7 Å². The zero-order chi connectivity index (χ0) is 28.6. The number of hydrogen-bond donors (Lipinski definition) is 0. The first-order chi connectivity index (χ1) is 19.4. The van der Waals surface area contributed by atoms with Gasteiger partial charge in [-0.25, -0.2) is 0 Å². The Hall–Kier alpha value is -4.14. The molecule has 212 valence electrons. The van der Waals surface area contributed by atoms with Crippen LogP contribution in [0.4, 0.5) is 5.82 Å². The van der Waals surface area contributed by atoms with Gasteiger partial charge in [0, 0.05) is 43.3 Å². The first kappa shape index (κ1) is 28.9. The molecule has 1 aromatic heterocycles. The molecule has 9 heteroatoms. The van der Waals surface area contributed by atoms with Crippen LogP contribution < -0.4 is 14.4 Å². The Labute approximate surface area is 236 Å². The molecule has 0 spiro atoms. The van der Waals surface area contributed by atoms with Crippen LogP contribution >= 0.6 is 0 Å². The minimum absolute atomic E-state index is 0.0287. The van der Waals surface area contributed by atoms with Gasteiger partial charge in [-0.1, -0.05) is 25.1 Å². The highest BCUT2D eigenvalue weighted by Crippen LogP contribution is 2.31. The van der Waals surface area contributed by atoms with Crippen LogP contribution in [-0.4, -0.2) is 84.8 Å². The Morgan fingerprint density at radius 3 is 2.40 bits per heavy atom. The van der Waals surface area contributed by atoms with Crippen LogP contribution in [0.15, 0.2) is 54.6 Å². The summed E-state index contributed by atoms with van der Waals surface area (Å²) in [5, 5.41) is 8.93. The van der Waals surface area contributed by atoms with Gasteiger partial charge in [0.25, 0.3) is 5.91 Å². The van der Waals surface area contributed by atoms with Gasteiger partial charge in [-0.2, -0.15) is 0 Å². The molecule has 0 N–H and O–H groups in total. The number of amides is 2. The lowest BCUT2D eigenvalue weighted by molar-refractivity contribution is -0.132. The fourth-order valence-corrected chi connectivity index (χ4v) is 4.90. The number of hydrogen-bond acceptors (Lipinski definition) is 7. The molecule has 0 radical (unpaired) electrons. The van der Waals surface area contributed by atoms with Crippen molar-refractivity contribution < 1.29 is 19.1 Å². The van der Waals surface area contributed by atoms with E-state index in [1.54, 1.807) is 19.1 Å². The molecule has 0 aliphatic carbocycles. The third kappa shape index (κ3) is 6.52. The van der Waals surface area contributed by atoms with Crippen LogP contribution in [0, 0.1) is 6.92 Å². The fraction of sp³-hybridized carbons (Fsp3) is 0.419. The van der Waals surface area contributed by atoms with Gasteiger partial charge >= 0.3 is 0 Å². The molecular formula is C31H39N5O4. The summed E-state index contributed by atoms with van der Waals surface area (Å²) in [6.45, 7) is 8.64. The molecule has 1 aliphatic heterocycles. The molecule has 4 rings (SSSR count). The zero-order valence-corrected chi connectivity index (χ0v) is 24.1. The predicted octanol–water partition coefficient (Wildman–Crippen LogP) is 4.45. The Kier molecular flexibility index (Phi) is 9.58. The second-order valence-corrected chi connectivity index (χ2v) is 10.1. The molecule has 3 aromatic rings. The average molecular weight is 546 g/mol. The van der Waals surface area contributed by atoms with Crippen molar-refractivity contribution in [3.63, 3.8) is 0 Å². The molecule has 1 fully saturated rings. The summed E-state index contributed by atoms with van der Waals surface area (Å²) >= 11 is 0. The number of aryl methyl sites for hydroxylation is 1. The molecule has 0 unspecified atom stereocenters. The van der Waals surface area contributed by atoms with Crippen molar-refractivity contribution in [2.45, 2.75) is 39.7 Å². The molecule has 1 atom stereocenters. The number of ether oxygens (including phenoxy) is 2. The summed E-state index contributed by atoms with van der Waals surface area (Å²) in [4.78, 5) is 32.6. The van der Waals surface area contributed by atoms with Crippen LogP contribution in [0.1, 0.15) is 42.6 Å². The number of rotatable bonds is 9. The molecule has 9 nitrogen and oxygen atoms in total. The Morgan fingerprint density at radius 2 is 1.73 bits per heavy atom. The molecular weight excluding hydrogens is 506 g/mol. The topological polar surface area (TPSA) is 88.1 Å². The van der Waals surface area contributed by atoms with E-state index in [1.165, 1.54) is 0 Å². The van der Waals surface area contributed by atoms with Crippen molar-refractivity contribution in [2.24, 2.45) is 0 Å². The summed E-state index contributed by atoms with van der Waals surface area (Å²) in [6.07, 6.45) is 1.58. The number of aromatic nitrogens is 2. The van der Waals surface area contributed by atoms with Crippen molar-refractivity contribution in [1.82, 2.24) is 20.0 Å². The molecule has 2 amide bonds.